The average molecular weight is 283 g/mol. The predicted octanol–water partition coefficient (Wildman–Crippen LogP) is 4.49. The minimum Gasteiger partial charge on any atom is -0.302 e. The number of imidazole rings is 1. The minimum absolute atomic E-state index is 0.113. The Kier molecular flexibility index (Phi) is 2.31. The molecule has 3 heteroatoms. The first-order valence-electron chi connectivity index (χ1n) is 6.83. The van der Waals surface area contributed by atoms with Gasteiger partial charge in [0.1, 0.15) is 5.65 Å². The zero-order chi connectivity index (χ0) is 13.9. The highest BCUT2D eigenvalue weighted by Crippen LogP contribution is 2.42. The molecule has 0 aliphatic heterocycles. The van der Waals surface area contributed by atoms with Gasteiger partial charge in [-0.25, -0.2) is 4.98 Å². The van der Waals surface area contributed by atoms with Crippen LogP contribution in [0.4, 0.5) is 0 Å². The number of halogens is 1. The molecule has 0 amide bonds. The van der Waals surface area contributed by atoms with E-state index in [1.807, 2.05) is 18.3 Å². The van der Waals surface area contributed by atoms with Crippen LogP contribution in [-0.2, 0) is 11.8 Å². The molecule has 0 bridgehead atoms. The van der Waals surface area contributed by atoms with E-state index in [0.717, 1.165) is 22.8 Å². The van der Waals surface area contributed by atoms with Gasteiger partial charge in [-0.3, -0.25) is 0 Å². The SMILES string of the molecule is CC1(C)Cc2c(nc3ccc(Cl)cn23)-c2ccccc21. The van der Waals surface area contributed by atoms with Gasteiger partial charge in [0.2, 0.25) is 0 Å². The van der Waals surface area contributed by atoms with E-state index < -0.39 is 0 Å². The van der Waals surface area contributed by atoms with Gasteiger partial charge in [-0.15, -0.1) is 0 Å². The molecule has 0 spiro atoms. The van der Waals surface area contributed by atoms with Crippen LogP contribution in [0, 0.1) is 0 Å². The Morgan fingerprint density at radius 1 is 1.15 bits per heavy atom. The second-order valence-electron chi connectivity index (χ2n) is 6.09. The lowest BCUT2D eigenvalue weighted by molar-refractivity contribution is 0.508. The molecule has 100 valence electrons. The van der Waals surface area contributed by atoms with Crippen molar-refractivity contribution in [3.8, 4) is 11.3 Å². The third kappa shape index (κ3) is 1.55. The van der Waals surface area contributed by atoms with Crippen molar-refractivity contribution >= 4 is 17.2 Å². The smallest absolute Gasteiger partial charge is 0.137 e. The molecular formula is C17H15ClN2. The van der Waals surface area contributed by atoms with Crippen molar-refractivity contribution in [2.24, 2.45) is 0 Å². The molecule has 2 aromatic heterocycles. The van der Waals surface area contributed by atoms with Gasteiger partial charge >= 0.3 is 0 Å². The molecule has 0 fully saturated rings. The third-order valence-electron chi connectivity index (χ3n) is 4.20. The van der Waals surface area contributed by atoms with Crippen LogP contribution in [0.5, 0.6) is 0 Å². The van der Waals surface area contributed by atoms with Gasteiger partial charge < -0.3 is 4.40 Å². The van der Waals surface area contributed by atoms with Gasteiger partial charge in [-0.05, 0) is 29.5 Å². The molecule has 3 aromatic rings. The molecule has 0 unspecified atom stereocenters. The van der Waals surface area contributed by atoms with E-state index in [1.165, 1.54) is 16.8 Å². The molecule has 0 saturated heterocycles. The molecule has 0 N–H and O–H groups in total. The fraction of sp³-hybridized carbons (Fsp3) is 0.235. The van der Waals surface area contributed by atoms with Crippen molar-refractivity contribution in [3.63, 3.8) is 0 Å². The highest BCUT2D eigenvalue weighted by Gasteiger charge is 2.33. The second kappa shape index (κ2) is 3.86. The summed E-state index contributed by atoms with van der Waals surface area (Å²) in [6.45, 7) is 4.58. The molecule has 1 aliphatic carbocycles. The number of pyridine rings is 1. The maximum absolute atomic E-state index is 6.14. The van der Waals surface area contributed by atoms with Crippen molar-refractivity contribution in [2.75, 3.05) is 0 Å². The molecule has 1 aromatic carbocycles. The van der Waals surface area contributed by atoms with Crippen molar-refractivity contribution in [1.29, 1.82) is 0 Å². The van der Waals surface area contributed by atoms with Crippen LogP contribution in [0.2, 0.25) is 5.02 Å². The maximum atomic E-state index is 6.14. The van der Waals surface area contributed by atoms with Crippen LogP contribution in [0.15, 0.2) is 42.6 Å². The quantitative estimate of drug-likeness (QED) is 0.594. The van der Waals surface area contributed by atoms with E-state index in [9.17, 15) is 0 Å². The third-order valence-corrected chi connectivity index (χ3v) is 4.43. The van der Waals surface area contributed by atoms with Gasteiger partial charge in [-0.2, -0.15) is 0 Å². The summed E-state index contributed by atoms with van der Waals surface area (Å²) < 4.78 is 2.13. The van der Waals surface area contributed by atoms with Gasteiger partial charge in [0, 0.05) is 11.8 Å². The van der Waals surface area contributed by atoms with E-state index in [0.29, 0.717) is 0 Å². The van der Waals surface area contributed by atoms with Crippen LogP contribution in [0.25, 0.3) is 16.9 Å². The molecule has 4 rings (SSSR count). The number of hydrogen-bond acceptors (Lipinski definition) is 1. The molecule has 1 aliphatic rings. The summed E-state index contributed by atoms with van der Waals surface area (Å²) in [6.07, 6.45) is 2.94. The molecule has 20 heavy (non-hydrogen) atoms. The standard InChI is InChI=1S/C17H15ClN2/c1-17(2)9-14-16(12-5-3-4-6-13(12)17)19-15-8-7-11(18)10-20(14)15/h3-8,10H,9H2,1-2H3. The number of hydrogen-bond donors (Lipinski definition) is 0. The van der Waals surface area contributed by atoms with Gasteiger partial charge in [0.15, 0.2) is 0 Å². The van der Waals surface area contributed by atoms with E-state index in [4.69, 9.17) is 16.6 Å². The fourth-order valence-electron chi connectivity index (χ4n) is 3.25. The number of rotatable bonds is 0. The molecular weight excluding hydrogens is 268 g/mol. The highest BCUT2D eigenvalue weighted by atomic mass is 35.5. The van der Waals surface area contributed by atoms with E-state index in [2.05, 4.69) is 42.5 Å². The summed E-state index contributed by atoms with van der Waals surface area (Å²) in [7, 11) is 0. The first-order valence-corrected chi connectivity index (χ1v) is 7.20. The Bertz CT molecular complexity index is 830. The number of nitrogens with zero attached hydrogens (tertiary/aromatic N) is 2. The lowest BCUT2D eigenvalue weighted by Crippen LogP contribution is -2.26. The zero-order valence-electron chi connectivity index (χ0n) is 11.5. The first-order chi connectivity index (χ1) is 9.56. The minimum atomic E-state index is 0.113. The summed E-state index contributed by atoms with van der Waals surface area (Å²) in [4.78, 5) is 4.81. The largest absolute Gasteiger partial charge is 0.302 e. The van der Waals surface area contributed by atoms with Crippen LogP contribution >= 0.6 is 11.6 Å². The topological polar surface area (TPSA) is 17.3 Å². The number of benzene rings is 1. The van der Waals surface area contributed by atoms with Crippen LogP contribution in [0.1, 0.15) is 25.1 Å². The summed E-state index contributed by atoms with van der Waals surface area (Å²) in [5.74, 6) is 0. The van der Waals surface area contributed by atoms with Crippen LogP contribution < -0.4 is 0 Å². The lowest BCUT2D eigenvalue weighted by atomic mass is 9.73. The maximum Gasteiger partial charge on any atom is 0.137 e. The van der Waals surface area contributed by atoms with Crippen molar-refractivity contribution < 1.29 is 0 Å². The van der Waals surface area contributed by atoms with Gasteiger partial charge in [0.25, 0.3) is 0 Å². The van der Waals surface area contributed by atoms with Crippen molar-refractivity contribution in [2.45, 2.75) is 25.7 Å². The predicted molar refractivity (Wildman–Crippen MR) is 82.4 cm³/mol. The Balaban J connectivity index is 2.11. The Morgan fingerprint density at radius 3 is 2.80 bits per heavy atom. The number of aromatic nitrogens is 2. The van der Waals surface area contributed by atoms with Gasteiger partial charge in [0.05, 0.1) is 16.4 Å². The lowest BCUT2D eigenvalue weighted by Gasteiger charge is -2.32. The van der Waals surface area contributed by atoms with Crippen LogP contribution in [0.3, 0.4) is 0 Å². The van der Waals surface area contributed by atoms with Crippen molar-refractivity contribution in [1.82, 2.24) is 9.38 Å². The number of fused-ring (bicyclic) bond motifs is 5. The zero-order valence-corrected chi connectivity index (χ0v) is 12.3. The second-order valence-corrected chi connectivity index (χ2v) is 6.53. The molecule has 0 radical (unpaired) electrons. The fourth-order valence-corrected chi connectivity index (χ4v) is 3.41. The summed E-state index contributed by atoms with van der Waals surface area (Å²) in [6, 6.07) is 12.5. The van der Waals surface area contributed by atoms with Crippen LogP contribution in [-0.4, -0.2) is 9.38 Å². The Hall–Kier alpha value is -1.80. The average Bonchev–Trinajstić information content (AvgIpc) is 2.77. The van der Waals surface area contributed by atoms with E-state index in [-0.39, 0.29) is 5.41 Å². The first kappa shape index (κ1) is 12.0. The summed E-state index contributed by atoms with van der Waals surface area (Å²) in [5, 5.41) is 0.745. The van der Waals surface area contributed by atoms with Gasteiger partial charge in [-0.1, -0.05) is 49.7 Å². The van der Waals surface area contributed by atoms with Crippen molar-refractivity contribution in [3.05, 3.63) is 58.9 Å². The summed E-state index contributed by atoms with van der Waals surface area (Å²) in [5.41, 5.74) is 6.06. The highest BCUT2D eigenvalue weighted by molar-refractivity contribution is 6.30. The van der Waals surface area contributed by atoms with E-state index >= 15 is 0 Å². The normalized spacial score (nSPS) is 15.9. The molecule has 2 heterocycles. The summed E-state index contributed by atoms with van der Waals surface area (Å²) >= 11 is 6.14. The van der Waals surface area contributed by atoms with E-state index in [1.54, 1.807) is 0 Å². The molecule has 0 atom stereocenters. The Labute approximate surface area is 123 Å². The monoisotopic (exact) mass is 282 g/mol. The molecule has 2 nitrogen and oxygen atoms in total. The molecule has 0 saturated carbocycles. The Morgan fingerprint density at radius 2 is 1.95 bits per heavy atom.